The summed E-state index contributed by atoms with van der Waals surface area (Å²) in [5, 5.41) is 10.2. The molecule has 2 heterocycles. The first-order valence-corrected chi connectivity index (χ1v) is 10.1. The van der Waals surface area contributed by atoms with Crippen molar-refractivity contribution in [3.05, 3.63) is 24.3 Å². The molecule has 136 valence electrons. The lowest BCUT2D eigenvalue weighted by atomic mass is 9.94. The fraction of sp³-hybridized carbons (Fsp3) is 0.474. The Morgan fingerprint density at radius 2 is 2.00 bits per heavy atom. The van der Waals surface area contributed by atoms with Crippen molar-refractivity contribution >= 4 is 39.7 Å². The number of hydrogen-bond acceptors (Lipinski definition) is 5. The lowest BCUT2D eigenvalue weighted by Crippen LogP contribution is -2.39. The standard InChI is InChI=1S/C19H23N5OS/c1-23(13-8-4-3-5-9-13)16(25)12-26-19-20-18-17(21-22-19)14-10-6-7-11-15(14)24(18)2/h6-7,10-11,13H,3-5,8-9,12H2,1-2H3. The van der Waals surface area contributed by atoms with E-state index in [1.807, 2.05) is 47.8 Å². The average Bonchev–Trinajstić information content (AvgIpc) is 2.98. The number of para-hydroxylation sites is 1. The number of nitrogens with zero attached hydrogens (tertiary/aromatic N) is 5. The fourth-order valence-corrected chi connectivity index (χ4v) is 4.46. The minimum atomic E-state index is 0.141. The molecule has 3 aromatic rings. The van der Waals surface area contributed by atoms with E-state index in [0.29, 0.717) is 17.0 Å². The molecule has 1 amide bonds. The summed E-state index contributed by atoms with van der Waals surface area (Å²) < 4.78 is 2.03. The van der Waals surface area contributed by atoms with Gasteiger partial charge in [-0.15, -0.1) is 10.2 Å². The number of carbonyl (C=O) groups excluding carboxylic acids is 1. The lowest BCUT2D eigenvalue weighted by Gasteiger charge is -2.31. The highest BCUT2D eigenvalue weighted by Gasteiger charge is 2.22. The molecule has 26 heavy (non-hydrogen) atoms. The van der Waals surface area contributed by atoms with Gasteiger partial charge in [0.2, 0.25) is 11.1 Å². The molecule has 6 nitrogen and oxygen atoms in total. The first kappa shape index (κ1) is 17.3. The lowest BCUT2D eigenvalue weighted by molar-refractivity contribution is -0.129. The molecular formula is C19H23N5OS. The van der Waals surface area contributed by atoms with Gasteiger partial charge in [-0.2, -0.15) is 0 Å². The van der Waals surface area contributed by atoms with E-state index >= 15 is 0 Å². The van der Waals surface area contributed by atoms with Crippen molar-refractivity contribution in [2.45, 2.75) is 43.3 Å². The van der Waals surface area contributed by atoms with E-state index in [1.165, 1.54) is 31.0 Å². The second-order valence-electron chi connectivity index (χ2n) is 6.93. The molecule has 1 saturated carbocycles. The predicted molar refractivity (Wildman–Crippen MR) is 104 cm³/mol. The van der Waals surface area contributed by atoms with E-state index in [0.717, 1.165) is 34.9 Å². The van der Waals surface area contributed by atoms with Crippen LogP contribution >= 0.6 is 11.8 Å². The zero-order valence-corrected chi connectivity index (χ0v) is 16.0. The number of aromatic nitrogens is 4. The summed E-state index contributed by atoms with van der Waals surface area (Å²) >= 11 is 1.37. The molecule has 0 bridgehead atoms. The van der Waals surface area contributed by atoms with Crippen LogP contribution in [-0.4, -0.2) is 49.4 Å². The number of carbonyl (C=O) groups is 1. The number of thioether (sulfide) groups is 1. The van der Waals surface area contributed by atoms with E-state index in [2.05, 4.69) is 15.2 Å². The quantitative estimate of drug-likeness (QED) is 0.660. The van der Waals surface area contributed by atoms with Crippen molar-refractivity contribution in [3.63, 3.8) is 0 Å². The molecule has 7 heteroatoms. The third kappa shape index (κ3) is 3.16. The van der Waals surface area contributed by atoms with Crippen molar-refractivity contribution < 1.29 is 4.79 Å². The molecule has 4 rings (SSSR count). The SMILES string of the molecule is CN(C(=O)CSc1nnc2c3ccccc3n(C)c2n1)C1CCCCC1. The number of rotatable bonds is 4. The van der Waals surface area contributed by atoms with Crippen LogP contribution in [0.2, 0.25) is 0 Å². The summed E-state index contributed by atoms with van der Waals surface area (Å²) in [4.78, 5) is 19.1. The van der Waals surface area contributed by atoms with Crippen molar-refractivity contribution in [3.8, 4) is 0 Å². The van der Waals surface area contributed by atoms with Crippen molar-refractivity contribution in [1.29, 1.82) is 0 Å². The van der Waals surface area contributed by atoms with E-state index in [-0.39, 0.29) is 5.91 Å². The van der Waals surface area contributed by atoms with E-state index in [4.69, 9.17) is 0 Å². The van der Waals surface area contributed by atoms with Crippen LogP contribution in [0.25, 0.3) is 22.1 Å². The molecular weight excluding hydrogens is 346 g/mol. The van der Waals surface area contributed by atoms with Gasteiger partial charge in [0.15, 0.2) is 5.65 Å². The maximum Gasteiger partial charge on any atom is 0.233 e. The Balaban J connectivity index is 1.49. The maximum absolute atomic E-state index is 12.5. The highest BCUT2D eigenvalue weighted by Crippen LogP contribution is 2.26. The highest BCUT2D eigenvalue weighted by atomic mass is 32.2. The van der Waals surface area contributed by atoms with E-state index in [9.17, 15) is 4.79 Å². The van der Waals surface area contributed by atoms with Gasteiger partial charge in [0.05, 0.1) is 11.3 Å². The van der Waals surface area contributed by atoms with Gasteiger partial charge in [0, 0.05) is 25.5 Å². The third-order valence-corrected chi connectivity index (χ3v) is 6.15. The third-order valence-electron chi connectivity index (χ3n) is 5.33. The zero-order valence-electron chi connectivity index (χ0n) is 15.2. The van der Waals surface area contributed by atoms with Gasteiger partial charge >= 0.3 is 0 Å². The Kier molecular flexibility index (Phi) is 4.80. The normalized spacial score (nSPS) is 15.6. The summed E-state index contributed by atoms with van der Waals surface area (Å²) in [5.74, 6) is 0.493. The molecule has 0 spiro atoms. The first-order chi connectivity index (χ1) is 12.6. The molecule has 0 aliphatic heterocycles. The Hall–Kier alpha value is -2.15. The van der Waals surface area contributed by atoms with Crippen LogP contribution in [0.3, 0.4) is 0 Å². The van der Waals surface area contributed by atoms with Gasteiger partial charge in [-0.05, 0) is 18.9 Å². The van der Waals surface area contributed by atoms with Gasteiger partial charge in [-0.25, -0.2) is 4.98 Å². The van der Waals surface area contributed by atoms with Gasteiger partial charge < -0.3 is 9.47 Å². The maximum atomic E-state index is 12.5. The van der Waals surface area contributed by atoms with Crippen LogP contribution in [0.1, 0.15) is 32.1 Å². The molecule has 0 saturated heterocycles. The summed E-state index contributed by atoms with van der Waals surface area (Å²) in [5.41, 5.74) is 2.69. The number of aryl methyl sites for hydroxylation is 1. The monoisotopic (exact) mass is 369 g/mol. The zero-order chi connectivity index (χ0) is 18.1. The predicted octanol–water partition coefficient (Wildman–Crippen LogP) is 3.40. The molecule has 1 aliphatic rings. The van der Waals surface area contributed by atoms with Gasteiger partial charge in [-0.1, -0.05) is 49.2 Å². The molecule has 0 unspecified atom stereocenters. The molecule has 1 fully saturated rings. The van der Waals surface area contributed by atoms with Crippen LogP contribution in [0.15, 0.2) is 29.4 Å². The Morgan fingerprint density at radius 1 is 1.23 bits per heavy atom. The van der Waals surface area contributed by atoms with Crippen molar-refractivity contribution in [2.75, 3.05) is 12.8 Å². The van der Waals surface area contributed by atoms with Crippen LogP contribution in [0.5, 0.6) is 0 Å². The summed E-state index contributed by atoms with van der Waals surface area (Å²) in [7, 11) is 3.90. The van der Waals surface area contributed by atoms with Crippen LogP contribution in [-0.2, 0) is 11.8 Å². The summed E-state index contributed by atoms with van der Waals surface area (Å²) in [6.07, 6.45) is 5.97. The minimum Gasteiger partial charge on any atom is -0.342 e. The first-order valence-electron chi connectivity index (χ1n) is 9.11. The number of benzene rings is 1. The largest absolute Gasteiger partial charge is 0.342 e. The summed E-state index contributed by atoms with van der Waals surface area (Å²) in [6.45, 7) is 0. The highest BCUT2D eigenvalue weighted by molar-refractivity contribution is 7.99. The molecule has 2 aromatic heterocycles. The molecule has 1 aliphatic carbocycles. The minimum absolute atomic E-state index is 0.141. The van der Waals surface area contributed by atoms with Crippen LogP contribution in [0, 0.1) is 0 Å². The molecule has 0 radical (unpaired) electrons. The molecule has 0 N–H and O–H groups in total. The summed E-state index contributed by atoms with van der Waals surface area (Å²) in [6, 6.07) is 8.46. The second kappa shape index (κ2) is 7.23. The van der Waals surface area contributed by atoms with Gasteiger partial charge in [-0.3, -0.25) is 4.79 Å². The topological polar surface area (TPSA) is 63.9 Å². The fourth-order valence-electron chi connectivity index (χ4n) is 3.75. The number of fused-ring (bicyclic) bond motifs is 3. The number of hydrogen-bond donors (Lipinski definition) is 0. The Labute approximate surface area is 157 Å². The van der Waals surface area contributed by atoms with Gasteiger partial charge in [0.25, 0.3) is 0 Å². The van der Waals surface area contributed by atoms with Crippen LogP contribution < -0.4 is 0 Å². The Bertz CT molecular complexity index is 948. The van der Waals surface area contributed by atoms with E-state index in [1.54, 1.807) is 0 Å². The second-order valence-corrected chi connectivity index (χ2v) is 7.87. The molecule has 1 aromatic carbocycles. The number of amides is 1. The Morgan fingerprint density at radius 3 is 2.81 bits per heavy atom. The van der Waals surface area contributed by atoms with Gasteiger partial charge in [0.1, 0.15) is 5.52 Å². The van der Waals surface area contributed by atoms with Crippen molar-refractivity contribution in [1.82, 2.24) is 24.6 Å². The smallest absolute Gasteiger partial charge is 0.233 e. The van der Waals surface area contributed by atoms with Crippen molar-refractivity contribution in [2.24, 2.45) is 7.05 Å². The van der Waals surface area contributed by atoms with Crippen LogP contribution in [0.4, 0.5) is 0 Å². The van der Waals surface area contributed by atoms with E-state index < -0.39 is 0 Å². The average molecular weight is 369 g/mol. The molecule has 0 atom stereocenters.